The second kappa shape index (κ2) is 7.13. The molecule has 1 N–H and O–H groups in total. The van der Waals surface area contributed by atoms with E-state index in [0.29, 0.717) is 12.6 Å². The van der Waals surface area contributed by atoms with Gasteiger partial charge < -0.3 is 19.4 Å². The molecule has 0 aliphatic carbocycles. The Kier molecular flexibility index (Phi) is 5.45. The van der Waals surface area contributed by atoms with E-state index in [-0.39, 0.29) is 12.2 Å². The fourth-order valence-electron chi connectivity index (χ4n) is 2.69. The summed E-state index contributed by atoms with van der Waals surface area (Å²) in [5.74, 6) is 0. The fourth-order valence-corrected chi connectivity index (χ4v) is 2.69. The second-order valence-electron chi connectivity index (χ2n) is 6.83. The molecule has 2 unspecified atom stereocenters. The van der Waals surface area contributed by atoms with Crippen LogP contribution in [0.5, 0.6) is 0 Å². The second-order valence-corrected chi connectivity index (χ2v) is 6.83. The van der Waals surface area contributed by atoms with Gasteiger partial charge in [-0.15, -0.1) is 0 Å². The molecule has 1 amide bonds. The van der Waals surface area contributed by atoms with E-state index in [0.717, 1.165) is 31.6 Å². The van der Waals surface area contributed by atoms with Gasteiger partial charge in [-0.1, -0.05) is 0 Å². The summed E-state index contributed by atoms with van der Waals surface area (Å²) in [4.78, 5) is 15.9. The first-order chi connectivity index (χ1) is 10.3. The minimum Gasteiger partial charge on any atom is -0.444 e. The third-order valence-corrected chi connectivity index (χ3v) is 3.65. The molecule has 2 heterocycles. The predicted octanol–water partition coefficient (Wildman–Crippen LogP) is 2.69. The van der Waals surface area contributed by atoms with E-state index in [4.69, 9.17) is 9.47 Å². The summed E-state index contributed by atoms with van der Waals surface area (Å²) in [6.45, 7) is 9.00. The molecule has 6 heteroatoms. The summed E-state index contributed by atoms with van der Waals surface area (Å²) >= 11 is 0. The van der Waals surface area contributed by atoms with Crippen LogP contribution < -0.4 is 5.32 Å². The molecule has 0 bridgehead atoms. The van der Waals surface area contributed by atoms with Crippen molar-refractivity contribution in [2.45, 2.75) is 64.7 Å². The Morgan fingerprint density at radius 1 is 1.55 bits per heavy atom. The lowest BCUT2D eigenvalue weighted by atomic mass is 10.0. The Morgan fingerprint density at radius 2 is 2.32 bits per heavy atom. The van der Waals surface area contributed by atoms with Crippen LogP contribution in [0.4, 0.5) is 4.79 Å². The Bertz CT molecular complexity index is 493. The van der Waals surface area contributed by atoms with Crippen LogP contribution in [0.15, 0.2) is 12.5 Å². The van der Waals surface area contributed by atoms with Crippen molar-refractivity contribution in [3.8, 4) is 0 Å². The van der Waals surface area contributed by atoms with Gasteiger partial charge in [0.05, 0.1) is 12.4 Å². The molecule has 1 aliphatic heterocycles. The number of nitrogens with one attached hydrogen (secondary N) is 1. The first kappa shape index (κ1) is 16.8. The lowest BCUT2D eigenvalue weighted by Crippen LogP contribution is -2.34. The average Bonchev–Trinajstić information content (AvgIpc) is 2.85. The van der Waals surface area contributed by atoms with E-state index in [9.17, 15) is 4.79 Å². The summed E-state index contributed by atoms with van der Waals surface area (Å²) in [5.41, 5.74) is 0.666. The number of hydrogen-bond donors (Lipinski definition) is 1. The number of imidazole rings is 1. The molecule has 1 aliphatic rings. The Labute approximate surface area is 132 Å². The predicted molar refractivity (Wildman–Crippen MR) is 83.9 cm³/mol. The molecule has 22 heavy (non-hydrogen) atoms. The van der Waals surface area contributed by atoms with Gasteiger partial charge in [0.1, 0.15) is 5.60 Å². The van der Waals surface area contributed by atoms with E-state index in [1.807, 2.05) is 33.3 Å². The van der Waals surface area contributed by atoms with Gasteiger partial charge in [0.2, 0.25) is 0 Å². The van der Waals surface area contributed by atoms with Crippen molar-refractivity contribution in [2.75, 3.05) is 13.2 Å². The van der Waals surface area contributed by atoms with E-state index < -0.39 is 5.60 Å². The van der Waals surface area contributed by atoms with Crippen LogP contribution in [0.25, 0.3) is 0 Å². The standard InChI is InChI=1S/C16H27N3O3/c1-12-9-13(6-8-21-12)19-11-17-10-14(19)5-7-18-15(20)22-16(2,3)4/h10-13H,5-9H2,1-4H3,(H,18,20). The monoisotopic (exact) mass is 309 g/mol. The third kappa shape index (κ3) is 5.02. The Balaban J connectivity index is 1.84. The summed E-state index contributed by atoms with van der Waals surface area (Å²) in [5, 5.41) is 2.79. The van der Waals surface area contributed by atoms with E-state index >= 15 is 0 Å². The molecule has 1 aromatic rings. The number of ether oxygens (including phenoxy) is 2. The molecule has 124 valence electrons. The first-order valence-corrected chi connectivity index (χ1v) is 7.94. The normalized spacial score (nSPS) is 22.4. The highest BCUT2D eigenvalue weighted by atomic mass is 16.6. The van der Waals surface area contributed by atoms with Gasteiger partial charge in [0.25, 0.3) is 0 Å². The number of hydrogen-bond acceptors (Lipinski definition) is 4. The number of aromatic nitrogens is 2. The molecule has 0 spiro atoms. The van der Waals surface area contributed by atoms with Gasteiger partial charge in [0, 0.05) is 37.5 Å². The molecule has 2 rings (SSSR count). The first-order valence-electron chi connectivity index (χ1n) is 7.94. The van der Waals surface area contributed by atoms with Gasteiger partial charge in [-0.3, -0.25) is 0 Å². The lowest BCUT2D eigenvalue weighted by Gasteiger charge is -2.29. The average molecular weight is 309 g/mol. The largest absolute Gasteiger partial charge is 0.444 e. The van der Waals surface area contributed by atoms with Gasteiger partial charge in [-0.05, 0) is 40.5 Å². The van der Waals surface area contributed by atoms with Gasteiger partial charge in [-0.2, -0.15) is 0 Å². The van der Waals surface area contributed by atoms with Crippen molar-refractivity contribution in [3.05, 3.63) is 18.2 Å². The van der Waals surface area contributed by atoms with Crippen molar-refractivity contribution in [2.24, 2.45) is 0 Å². The SMILES string of the molecule is CC1CC(n2cncc2CCNC(=O)OC(C)(C)C)CCO1. The molecule has 0 aromatic carbocycles. The summed E-state index contributed by atoms with van der Waals surface area (Å²) < 4.78 is 13.0. The van der Waals surface area contributed by atoms with Crippen LogP contribution in [-0.2, 0) is 15.9 Å². The number of nitrogens with zero attached hydrogens (tertiary/aromatic N) is 2. The minimum atomic E-state index is -0.468. The van der Waals surface area contributed by atoms with Gasteiger partial charge >= 0.3 is 6.09 Å². The molecule has 2 atom stereocenters. The molecule has 1 saturated heterocycles. The van der Waals surface area contributed by atoms with Gasteiger partial charge in [-0.25, -0.2) is 9.78 Å². The molecule has 6 nitrogen and oxygen atoms in total. The molecule has 0 radical (unpaired) electrons. The highest BCUT2D eigenvalue weighted by molar-refractivity contribution is 5.67. The Hall–Kier alpha value is -1.56. The third-order valence-electron chi connectivity index (χ3n) is 3.65. The maximum Gasteiger partial charge on any atom is 0.407 e. The number of rotatable bonds is 4. The number of alkyl carbamates (subject to hydrolysis) is 1. The maximum atomic E-state index is 11.6. The lowest BCUT2D eigenvalue weighted by molar-refractivity contribution is 0.00547. The van der Waals surface area contributed by atoms with Crippen LogP contribution in [0.1, 0.15) is 52.3 Å². The maximum absolute atomic E-state index is 11.6. The van der Waals surface area contributed by atoms with E-state index in [2.05, 4.69) is 21.8 Å². The molecule has 1 fully saturated rings. The van der Waals surface area contributed by atoms with Crippen LogP contribution in [-0.4, -0.2) is 40.5 Å². The zero-order chi connectivity index (χ0) is 16.2. The number of carbonyl (C=O) groups is 1. The van der Waals surface area contributed by atoms with Crippen molar-refractivity contribution in [1.29, 1.82) is 0 Å². The van der Waals surface area contributed by atoms with Crippen LogP contribution >= 0.6 is 0 Å². The van der Waals surface area contributed by atoms with Crippen molar-refractivity contribution in [3.63, 3.8) is 0 Å². The molecular formula is C16H27N3O3. The summed E-state index contributed by atoms with van der Waals surface area (Å²) in [7, 11) is 0. The van der Waals surface area contributed by atoms with E-state index in [1.54, 1.807) is 0 Å². The zero-order valence-electron chi connectivity index (χ0n) is 14.0. The van der Waals surface area contributed by atoms with Crippen molar-refractivity contribution in [1.82, 2.24) is 14.9 Å². The molecule has 1 aromatic heterocycles. The summed E-state index contributed by atoms with van der Waals surface area (Å²) in [6.07, 6.45) is 6.41. The smallest absolute Gasteiger partial charge is 0.407 e. The highest BCUT2D eigenvalue weighted by Gasteiger charge is 2.22. The Morgan fingerprint density at radius 3 is 3.00 bits per heavy atom. The molecular weight excluding hydrogens is 282 g/mol. The van der Waals surface area contributed by atoms with Crippen molar-refractivity contribution >= 4 is 6.09 Å². The van der Waals surface area contributed by atoms with Crippen LogP contribution in [0, 0.1) is 0 Å². The van der Waals surface area contributed by atoms with E-state index in [1.165, 1.54) is 0 Å². The van der Waals surface area contributed by atoms with Crippen LogP contribution in [0.3, 0.4) is 0 Å². The topological polar surface area (TPSA) is 65.4 Å². The number of amides is 1. The van der Waals surface area contributed by atoms with Crippen LogP contribution in [0.2, 0.25) is 0 Å². The zero-order valence-corrected chi connectivity index (χ0v) is 14.0. The minimum absolute atomic E-state index is 0.286. The number of carbonyl (C=O) groups excluding carboxylic acids is 1. The highest BCUT2D eigenvalue weighted by Crippen LogP contribution is 2.26. The van der Waals surface area contributed by atoms with Gasteiger partial charge in [0.15, 0.2) is 0 Å². The fraction of sp³-hybridized carbons (Fsp3) is 0.750. The van der Waals surface area contributed by atoms with Crippen molar-refractivity contribution < 1.29 is 14.3 Å². The quantitative estimate of drug-likeness (QED) is 0.928. The molecule has 0 saturated carbocycles. The summed E-state index contributed by atoms with van der Waals surface area (Å²) in [6, 6.07) is 0.433.